The van der Waals surface area contributed by atoms with Crippen molar-refractivity contribution in [2.75, 3.05) is 0 Å². The van der Waals surface area contributed by atoms with E-state index in [1.54, 1.807) is 0 Å². The molecule has 4 rings (SSSR count). The zero-order valence-corrected chi connectivity index (χ0v) is 14.9. The molecule has 0 unspecified atom stereocenters. The van der Waals surface area contributed by atoms with E-state index in [2.05, 4.69) is 38.1 Å². The number of rotatable bonds is 2. The van der Waals surface area contributed by atoms with Gasteiger partial charge in [-0.1, -0.05) is 29.8 Å². The van der Waals surface area contributed by atoms with Crippen molar-refractivity contribution in [1.29, 1.82) is 0 Å². The fourth-order valence-electron chi connectivity index (χ4n) is 3.53. The average Bonchev–Trinajstić information content (AvgIpc) is 3.14. The first-order valence-corrected chi connectivity index (χ1v) is 8.57. The summed E-state index contributed by atoms with van der Waals surface area (Å²) in [6, 6.07) is 14.5. The third kappa shape index (κ3) is 2.50. The Bertz CT molecular complexity index is 976. The molecule has 1 aliphatic carbocycles. The molecule has 0 N–H and O–H groups in total. The SMILES string of the molecule is Cc1ccc(C2=Cc3c(cc(C)c(C)c3-c3cccc(Cl)c3)C2)o1. The summed E-state index contributed by atoms with van der Waals surface area (Å²) in [6.45, 7) is 6.35. The predicted octanol–water partition coefficient (Wildman–Crippen LogP) is 6.62. The highest BCUT2D eigenvalue weighted by molar-refractivity contribution is 6.30. The molecule has 0 spiro atoms. The minimum Gasteiger partial charge on any atom is -0.462 e. The van der Waals surface area contributed by atoms with Gasteiger partial charge in [0.2, 0.25) is 0 Å². The summed E-state index contributed by atoms with van der Waals surface area (Å²) in [7, 11) is 0. The van der Waals surface area contributed by atoms with Gasteiger partial charge in [-0.05, 0) is 90.1 Å². The Morgan fingerprint density at radius 1 is 1.00 bits per heavy atom. The summed E-state index contributed by atoms with van der Waals surface area (Å²) in [4.78, 5) is 0. The number of aryl methyl sites for hydroxylation is 2. The largest absolute Gasteiger partial charge is 0.462 e. The average molecular weight is 335 g/mol. The fraction of sp³-hybridized carbons (Fsp3) is 0.182. The van der Waals surface area contributed by atoms with Gasteiger partial charge in [-0.2, -0.15) is 0 Å². The molecule has 0 saturated carbocycles. The van der Waals surface area contributed by atoms with Gasteiger partial charge in [0.05, 0.1) is 0 Å². The molecule has 1 nitrogen and oxygen atoms in total. The van der Waals surface area contributed by atoms with Crippen LogP contribution in [-0.4, -0.2) is 0 Å². The van der Waals surface area contributed by atoms with Gasteiger partial charge < -0.3 is 4.42 Å². The quantitative estimate of drug-likeness (QED) is 0.513. The molecule has 1 heterocycles. The summed E-state index contributed by atoms with van der Waals surface area (Å²) in [5, 5.41) is 0.769. The van der Waals surface area contributed by atoms with Crippen molar-refractivity contribution in [1.82, 2.24) is 0 Å². The number of furan rings is 1. The van der Waals surface area contributed by atoms with Crippen LogP contribution in [0.5, 0.6) is 0 Å². The molecule has 0 aliphatic heterocycles. The number of hydrogen-bond acceptors (Lipinski definition) is 1. The van der Waals surface area contributed by atoms with Crippen LogP contribution in [0.15, 0.2) is 46.9 Å². The standard InChI is InChI=1S/C22H19ClO/c1-13-9-17-10-18(21-8-7-14(2)24-21)12-20(17)22(15(13)3)16-5-4-6-19(23)11-16/h4-9,11-12H,10H2,1-3H3. The first-order valence-electron chi connectivity index (χ1n) is 8.19. The van der Waals surface area contributed by atoms with E-state index in [9.17, 15) is 0 Å². The normalized spacial score (nSPS) is 13.1. The molecule has 0 fully saturated rings. The molecule has 0 amide bonds. The van der Waals surface area contributed by atoms with Gasteiger partial charge in [-0.15, -0.1) is 0 Å². The van der Waals surface area contributed by atoms with Gasteiger partial charge in [0.1, 0.15) is 11.5 Å². The van der Waals surface area contributed by atoms with Crippen molar-refractivity contribution >= 4 is 23.3 Å². The van der Waals surface area contributed by atoms with Crippen molar-refractivity contribution < 1.29 is 4.42 Å². The van der Waals surface area contributed by atoms with Gasteiger partial charge in [-0.25, -0.2) is 0 Å². The Hall–Kier alpha value is -2.25. The Morgan fingerprint density at radius 3 is 2.54 bits per heavy atom. The van der Waals surface area contributed by atoms with Crippen LogP contribution in [0.25, 0.3) is 22.8 Å². The van der Waals surface area contributed by atoms with E-state index < -0.39 is 0 Å². The van der Waals surface area contributed by atoms with Crippen LogP contribution in [0.2, 0.25) is 5.02 Å². The molecule has 0 atom stereocenters. The number of allylic oxidation sites excluding steroid dienone is 1. The lowest BCUT2D eigenvalue weighted by molar-refractivity contribution is 0.521. The van der Waals surface area contributed by atoms with Crippen LogP contribution in [0.3, 0.4) is 0 Å². The third-order valence-electron chi connectivity index (χ3n) is 4.84. The van der Waals surface area contributed by atoms with Crippen molar-refractivity contribution in [3.63, 3.8) is 0 Å². The summed E-state index contributed by atoms with van der Waals surface area (Å²) in [5.41, 5.74) is 8.98. The van der Waals surface area contributed by atoms with Gasteiger partial charge in [-0.3, -0.25) is 0 Å². The molecule has 0 saturated heterocycles. The first kappa shape index (κ1) is 15.3. The zero-order valence-electron chi connectivity index (χ0n) is 14.1. The maximum atomic E-state index is 6.23. The summed E-state index contributed by atoms with van der Waals surface area (Å²) in [5.74, 6) is 1.92. The zero-order chi connectivity index (χ0) is 16.8. The smallest absolute Gasteiger partial charge is 0.130 e. The molecular weight excluding hydrogens is 316 g/mol. The topological polar surface area (TPSA) is 13.1 Å². The van der Waals surface area contributed by atoms with Crippen molar-refractivity contribution in [3.8, 4) is 11.1 Å². The van der Waals surface area contributed by atoms with Crippen molar-refractivity contribution in [2.45, 2.75) is 27.2 Å². The van der Waals surface area contributed by atoms with E-state index in [-0.39, 0.29) is 0 Å². The molecule has 0 radical (unpaired) electrons. The van der Waals surface area contributed by atoms with E-state index in [0.29, 0.717) is 0 Å². The van der Waals surface area contributed by atoms with Crippen LogP contribution >= 0.6 is 11.6 Å². The van der Waals surface area contributed by atoms with Gasteiger partial charge in [0, 0.05) is 11.4 Å². The molecule has 1 aromatic heterocycles. The lowest BCUT2D eigenvalue weighted by Gasteiger charge is -2.15. The number of fused-ring (bicyclic) bond motifs is 1. The van der Waals surface area contributed by atoms with E-state index in [1.807, 2.05) is 31.2 Å². The Labute approximate surface area is 147 Å². The Morgan fingerprint density at radius 2 is 1.83 bits per heavy atom. The molecule has 0 bridgehead atoms. The van der Waals surface area contributed by atoms with E-state index >= 15 is 0 Å². The summed E-state index contributed by atoms with van der Waals surface area (Å²) < 4.78 is 5.83. The van der Waals surface area contributed by atoms with Crippen LogP contribution in [0, 0.1) is 20.8 Å². The maximum Gasteiger partial charge on any atom is 0.130 e. The van der Waals surface area contributed by atoms with Crippen LogP contribution in [-0.2, 0) is 6.42 Å². The monoisotopic (exact) mass is 334 g/mol. The molecular formula is C22H19ClO. The Balaban J connectivity index is 1.91. The first-order chi connectivity index (χ1) is 11.5. The molecule has 3 aromatic rings. The molecule has 1 aliphatic rings. The van der Waals surface area contributed by atoms with E-state index in [0.717, 1.165) is 23.0 Å². The second kappa shape index (κ2) is 5.68. The fourth-order valence-corrected chi connectivity index (χ4v) is 3.72. The molecule has 2 aromatic carbocycles. The van der Waals surface area contributed by atoms with Crippen LogP contribution < -0.4 is 0 Å². The summed E-state index contributed by atoms with van der Waals surface area (Å²) >= 11 is 6.23. The third-order valence-corrected chi connectivity index (χ3v) is 5.08. The Kier molecular flexibility index (Phi) is 3.62. The summed E-state index contributed by atoms with van der Waals surface area (Å²) in [6.07, 6.45) is 3.19. The van der Waals surface area contributed by atoms with Crippen molar-refractivity contribution in [3.05, 3.63) is 81.3 Å². The molecule has 24 heavy (non-hydrogen) atoms. The van der Waals surface area contributed by atoms with Crippen molar-refractivity contribution in [2.24, 2.45) is 0 Å². The van der Waals surface area contributed by atoms with Crippen LogP contribution in [0.1, 0.15) is 33.8 Å². The predicted molar refractivity (Wildman–Crippen MR) is 101 cm³/mol. The molecule has 120 valence electrons. The maximum absolute atomic E-state index is 6.23. The van der Waals surface area contributed by atoms with Gasteiger partial charge in [0.15, 0.2) is 0 Å². The number of halogens is 1. The van der Waals surface area contributed by atoms with E-state index in [1.165, 1.54) is 39.0 Å². The second-order valence-corrected chi connectivity index (χ2v) is 6.97. The van der Waals surface area contributed by atoms with Gasteiger partial charge >= 0.3 is 0 Å². The number of benzene rings is 2. The lowest BCUT2D eigenvalue weighted by atomic mass is 9.90. The molecule has 2 heteroatoms. The van der Waals surface area contributed by atoms with E-state index in [4.69, 9.17) is 16.0 Å². The highest BCUT2D eigenvalue weighted by Gasteiger charge is 2.22. The minimum absolute atomic E-state index is 0.769. The van der Waals surface area contributed by atoms with Gasteiger partial charge in [0.25, 0.3) is 0 Å². The highest BCUT2D eigenvalue weighted by Crippen LogP contribution is 2.41. The van der Waals surface area contributed by atoms with Crippen LogP contribution in [0.4, 0.5) is 0 Å². The number of hydrogen-bond donors (Lipinski definition) is 0. The lowest BCUT2D eigenvalue weighted by Crippen LogP contribution is -1.95. The minimum atomic E-state index is 0.769. The highest BCUT2D eigenvalue weighted by atomic mass is 35.5. The second-order valence-electron chi connectivity index (χ2n) is 6.53.